The molecule has 0 aromatic rings. The molecule has 0 aromatic carbocycles. The van der Waals surface area contributed by atoms with Crippen LogP contribution in [0.4, 0.5) is 0 Å². The second-order valence-corrected chi connectivity index (χ2v) is 5.20. The zero-order valence-corrected chi connectivity index (χ0v) is 14.8. The number of hydrogen-bond acceptors (Lipinski definition) is 2. The van der Waals surface area contributed by atoms with E-state index in [1.807, 2.05) is 27.7 Å². The van der Waals surface area contributed by atoms with Gasteiger partial charge in [-0.2, -0.15) is 0 Å². The van der Waals surface area contributed by atoms with E-state index in [-0.39, 0.29) is 0 Å². The van der Waals surface area contributed by atoms with Crippen molar-refractivity contribution in [3.8, 4) is 0 Å². The van der Waals surface area contributed by atoms with E-state index in [0.29, 0.717) is 0 Å². The van der Waals surface area contributed by atoms with Crippen LogP contribution in [0.15, 0.2) is 0 Å². The van der Waals surface area contributed by atoms with Crippen LogP contribution in [0, 0.1) is 0 Å². The van der Waals surface area contributed by atoms with Crippen LogP contribution in [0.5, 0.6) is 0 Å². The van der Waals surface area contributed by atoms with Gasteiger partial charge < -0.3 is 9.80 Å². The fourth-order valence-electron chi connectivity index (χ4n) is 2.31. The van der Waals surface area contributed by atoms with Crippen molar-refractivity contribution >= 4 is 0 Å². The van der Waals surface area contributed by atoms with E-state index in [2.05, 4.69) is 30.7 Å². The molecule has 2 heteroatoms. The standard InChI is InChI=1S/C7H15N.C6H13N.2C2H6/c1-7(2)8-5-3-4-6-8;1-7-5-3-2-4-6-7;2*1-2/h7H,3-6H2,1-2H3;2-6H2,1H3;2*1-2H3. The van der Waals surface area contributed by atoms with Gasteiger partial charge in [0.1, 0.15) is 0 Å². The first-order valence-electron chi connectivity index (χ1n) is 8.63. The molecule has 2 nitrogen and oxygen atoms in total. The van der Waals surface area contributed by atoms with E-state index < -0.39 is 0 Å². The topological polar surface area (TPSA) is 6.48 Å². The SMILES string of the molecule is CC.CC.CC(C)N1CCCC1.CN1CCCCC1. The second-order valence-electron chi connectivity index (χ2n) is 5.20. The molecule has 0 unspecified atom stereocenters. The minimum Gasteiger partial charge on any atom is -0.306 e. The summed E-state index contributed by atoms with van der Waals surface area (Å²) in [4.78, 5) is 4.92. The first-order chi connectivity index (χ1) is 9.20. The maximum Gasteiger partial charge on any atom is 0.00385 e. The largest absolute Gasteiger partial charge is 0.306 e. The van der Waals surface area contributed by atoms with Gasteiger partial charge in [0, 0.05) is 6.04 Å². The van der Waals surface area contributed by atoms with Gasteiger partial charge in [-0.3, -0.25) is 0 Å². The van der Waals surface area contributed by atoms with E-state index in [0.717, 1.165) is 6.04 Å². The molecule has 2 fully saturated rings. The normalized spacial score (nSPS) is 19.6. The Morgan fingerprint density at radius 2 is 1.00 bits per heavy atom. The Morgan fingerprint density at radius 1 is 0.632 bits per heavy atom. The predicted molar refractivity (Wildman–Crippen MR) is 90.0 cm³/mol. The highest BCUT2D eigenvalue weighted by Gasteiger charge is 2.13. The lowest BCUT2D eigenvalue weighted by Gasteiger charge is -2.20. The number of nitrogens with zero attached hydrogens (tertiary/aromatic N) is 2. The molecule has 0 spiro atoms. The Balaban J connectivity index is 0. The molecule has 2 saturated heterocycles. The molecule has 2 rings (SSSR count). The summed E-state index contributed by atoms with van der Waals surface area (Å²) in [5, 5.41) is 0. The summed E-state index contributed by atoms with van der Waals surface area (Å²) in [7, 11) is 2.19. The molecule has 0 amide bonds. The van der Waals surface area contributed by atoms with Crippen molar-refractivity contribution in [2.75, 3.05) is 33.2 Å². The van der Waals surface area contributed by atoms with Gasteiger partial charge in [0.2, 0.25) is 0 Å². The molecule has 0 N–H and O–H groups in total. The van der Waals surface area contributed by atoms with Crippen LogP contribution in [0.25, 0.3) is 0 Å². The lowest BCUT2D eigenvalue weighted by atomic mass is 10.1. The summed E-state index contributed by atoms with van der Waals surface area (Å²) in [5.41, 5.74) is 0. The highest BCUT2D eigenvalue weighted by atomic mass is 15.2. The third-order valence-corrected chi connectivity index (χ3v) is 3.45. The van der Waals surface area contributed by atoms with Crippen LogP contribution in [-0.4, -0.2) is 49.1 Å². The van der Waals surface area contributed by atoms with Gasteiger partial charge in [0.25, 0.3) is 0 Å². The molecule has 2 heterocycles. The molecule has 0 aliphatic carbocycles. The van der Waals surface area contributed by atoms with E-state index in [4.69, 9.17) is 0 Å². The van der Waals surface area contributed by atoms with Crippen LogP contribution >= 0.6 is 0 Å². The monoisotopic (exact) mass is 272 g/mol. The lowest BCUT2D eigenvalue weighted by molar-refractivity contribution is 0.276. The third kappa shape index (κ3) is 12.7. The van der Waals surface area contributed by atoms with Crippen molar-refractivity contribution < 1.29 is 0 Å². The van der Waals surface area contributed by atoms with Crippen LogP contribution in [0.1, 0.15) is 73.6 Å². The van der Waals surface area contributed by atoms with Gasteiger partial charge in [0.05, 0.1) is 0 Å². The fourth-order valence-corrected chi connectivity index (χ4v) is 2.31. The van der Waals surface area contributed by atoms with Gasteiger partial charge in [-0.1, -0.05) is 34.1 Å². The van der Waals surface area contributed by atoms with Gasteiger partial charge in [-0.15, -0.1) is 0 Å². The molecule has 0 bridgehead atoms. The van der Waals surface area contributed by atoms with Crippen molar-refractivity contribution in [1.29, 1.82) is 0 Å². The summed E-state index contributed by atoms with van der Waals surface area (Å²) in [5.74, 6) is 0. The summed E-state index contributed by atoms with van der Waals surface area (Å²) >= 11 is 0. The Labute approximate surface area is 123 Å². The highest BCUT2D eigenvalue weighted by molar-refractivity contribution is 4.68. The van der Waals surface area contributed by atoms with Crippen LogP contribution in [-0.2, 0) is 0 Å². The number of piperidine rings is 1. The smallest absolute Gasteiger partial charge is 0.00385 e. The molecule has 19 heavy (non-hydrogen) atoms. The zero-order valence-electron chi connectivity index (χ0n) is 14.8. The molecule has 0 radical (unpaired) electrons. The number of rotatable bonds is 1. The van der Waals surface area contributed by atoms with Gasteiger partial charge in [0.15, 0.2) is 0 Å². The second kappa shape index (κ2) is 16.0. The summed E-state index contributed by atoms with van der Waals surface area (Å²) in [6, 6.07) is 0.775. The Bertz CT molecular complexity index is 145. The van der Waals surface area contributed by atoms with E-state index in [9.17, 15) is 0 Å². The molecular formula is C17H40N2. The first-order valence-corrected chi connectivity index (χ1v) is 8.63. The first kappa shape index (κ1) is 21.2. The number of hydrogen-bond donors (Lipinski definition) is 0. The Kier molecular flexibility index (Phi) is 17.8. The average Bonchev–Trinajstić information content (AvgIpc) is 2.99. The molecule has 2 aliphatic heterocycles. The summed E-state index contributed by atoms with van der Waals surface area (Å²) in [6.45, 7) is 17.8. The maximum absolute atomic E-state index is 2.53. The summed E-state index contributed by atoms with van der Waals surface area (Å²) in [6.07, 6.45) is 7.10. The fraction of sp³-hybridized carbons (Fsp3) is 1.00. The van der Waals surface area contributed by atoms with Crippen molar-refractivity contribution in [2.24, 2.45) is 0 Å². The molecular weight excluding hydrogens is 232 g/mol. The minimum absolute atomic E-state index is 0.775. The van der Waals surface area contributed by atoms with Crippen molar-refractivity contribution in [3.05, 3.63) is 0 Å². The summed E-state index contributed by atoms with van der Waals surface area (Å²) < 4.78 is 0. The quantitative estimate of drug-likeness (QED) is 0.686. The molecule has 0 aromatic heterocycles. The van der Waals surface area contributed by atoms with Crippen molar-refractivity contribution in [2.45, 2.75) is 79.7 Å². The van der Waals surface area contributed by atoms with Crippen LogP contribution in [0.2, 0.25) is 0 Å². The average molecular weight is 273 g/mol. The molecule has 2 aliphatic rings. The van der Waals surface area contributed by atoms with Gasteiger partial charge >= 0.3 is 0 Å². The van der Waals surface area contributed by atoms with E-state index in [1.165, 1.54) is 58.3 Å². The van der Waals surface area contributed by atoms with Gasteiger partial charge in [-0.05, 0) is 72.8 Å². The van der Waals surface area contributed by atoms with Gasteiger partial charge in [-0.25, -0.2) is 0 Å². The highest BCUT2D eigenvalue weighted by Crippen LogP contribution is 2.09. The van der Waals surface area contributed by atoms with Crippen molar-refractivity contribution in [1.82, 2.24) is 9.80 Å². The van der Waals surface area contributed by atoms with Crippen LogP contribution < -0.4 is 0 Å². The molecule has 0 atom stereocenters. The number of likely N-dealkylation sites (tertiary alicyclic amines) is 2. The molecule has 118 valence electrons. The lowest BCUT2D eigenvalue weighted by Crippen LogP contribution is -2.26. The van der Waals surface area contributed by atoms with E-state index >= 15 is 0 Å². The maximum atomic E-state index is 2.53. The minimum atomic E-state index is 0.775. The zero-order chi connectivity index (χ0) is 15.1. The third-order valence-electron chi connectivity index (χ3n) is 3.45. The van der Waals surface area contributed by atoms with E-state index in [1.54, 1.807) is 0 Å². The van der Waals surface area contributed by atoms with Crippen LogP contribution in [0.3, 0.4) is 0 Å². The molecule has 0 saturated carbocycles. The van der Waals surface area contributed by atoms with Crippen molar-refractivity contribution in [3.63, 3.8) is 0 Å². The Hall–Kier alpha value is -0.0800. The predicted octanol–water partition coefficient (Wildman–Crippen LogP) is 4.65. The Morgan fingerprint density at radius 3 is 1.21 bits per heavy atom.